The number of benzene rings is 1. The van der Waals surface area contributed by atoms with Crippen LogP contribution >= 0.6 is 11.8 Å². The Morgan fingerprint density at radius 1 is 1.35 bits per heavy atom. The normalized spacial score (nSPS) is 19.8. The Balaban J connectivity index is 1.95. The molecule has 1 fully saturated rings. The number of aliphatic hydroxyl groups is 1. The third-order valence-electron chi connectivity index (χ3n) is 3.85. The van der Waals surface area contributed by atoms with Gasteiger partial charge in [-0.25, -0.2) is 0 Å². The highest BCUT2D eigenvalue weighted by molar-refractivity contribution is 7.99. The van der Waals surface area contributed by atoms with Crippen LogP contribution in [0.2, 0.25) is 0 Å². The molecule has 0 amide bonds. The van der Waals surface area contributed by atoms with Crippen LogP contribution in [0.3, 0.4) is 0 Å². The van der Waals surface area contributed by atoms with E-state index in [0.29, 0.717) is 19.8 Å². The van der Waals surface area contributed by atoms with Crippen LogP contribution < -0.4 is 5.32 Å². The third kappa shape index (κ3) is 4.22. The fourth-order valence-corrected chi connectivity index (χ4v) is 3.40. The second kappa shape index (κ2) is 7.46. The second-order valence-corrected chi connectivity index (χ2v) is 6.72. The topological polar surface area (TPSA) is 41.5 Å². The first-order valence-corrected chi connectivity index (χ1v) is 8.38. The first-order valence-electron chi connectivity index (χ1n) is 7.40. The Morgan fingerprint density at radius 2 is 2.05 bits per heavy atom. The molecule has 3 nitrogen and oxygen atoms in total. The molecule has 20 heavy (non-hydrogen) atoms. The third-order valence-corrected chi connectivity index (χ3v) is 4.82. The predicted molar refractivity (Wildman–Crippen MR) is 84.3 cm³/mol. The maximum Gasteiger partial charge on any atom is 0.0815 e. The number of hydrogen-bond donors (Lipinski definition) is 2. The molecule has 0 radical (unpaired) electrons. The van der Waals surface area contributed by atoms with Gasteiger partial charge in [0, 0.05) is 43.5 Å². The first-order chi connectivity index (χ1) is 9.64. The van der Waals surface area contributed by atoms with Crippen LogP contribution in [0.25, 0.3) is 0 Å². The van der Waals surface area contributed by atoms with Crippen LogP contribution in [0.15, 0.2) is 29.2 Å². The van der Waals surface area contributed by atoms with E-state index in [1.54, 1.807) is 0 Å². The van der Waals surface area contributed by atoms with Crippen molar-refractivity contribution >= 4 is 11.8 Å². The zero-order valence-electron chi connectivity index (χ0n) is 12.4. The van der Waals surface area contributed by atoms with E-state index in [0.717, 1.165) is 18.6 Å². The van der Waals surface area contributed by atoms with Crippen molar-refractivity contribution in [1.82, 2.24) is 5.32 Å². The Hall–Kier alpha value is -0.550. The maximum absolute atomic E-state index is 10.5. The molecule has 0 spiro atoms. The van der Waals surface area contributed by atoms with Gasteiger partial charge in [-0.3, -0.25) is 0 Å². The predicted octanol–water partition coefficient (Wildman–Crippen LogP) is 2.99. The van der Waals surface area contributed by atoms with Crippen molar-refractivity contribution in [3.8, 4) is 0 Å². The standard InChI is InChI=1S/C16H25NO2S/c1-3-20-15-7-5-4-6-14(15)13(2)17-12-16(18)8-10-19-11-9-16/h4-7,13,17-18H,3,8-12H2,1-2H3. The van der Waals surface area contributed by atoms with E-state index in [1.807, 2.05) is 11.8 Å². The highest BCUT2D eigenvalue weighted by Crippen LogP contribution is 2.28. The molecule has 1 atom stereocenters. The summed E-state index contributed by atoms with van der Waals surface area (Å²) in [6, 6.07) is 8.75. The molecule has 0 bridgehead atoms. The van der Waals surface area contributed by atoms with E-state index < -0.39 is 5.60 Å². The van der Waals surface area contributed by atoms with E-state index >= 15 is 0 Å². The zero-order chi connectivity index (χ0) is 14.4. The van der Waals surface area contributed by atoms with E-state index in [9.17, 15) is 5.11 Å². The van der Waals surface area contributed by atoms with Crippen molar-refractivity contribution in [1.29, 1.82) is 0 Å². The molecule has 1 aromatic carbocycles. The Kier molecular flexibility index (Phi) is 5.90. The van der Waals surface area contributed by atoms with Crippen LogP contribution in [0, 0.1) is 0 Å². The molecule has 1 aromatic rings. The number of rotatable bonds is 6. The molecule has 2 N–H and O–H groups in total. The molecule has 0 saturated carbocycles. The molecule has 2 rings (SSSR count). The Bertz CT molecular complexity index is 419. The smallest absolute Gasteiger partial charge is 0.0815 e. The minimum Gasteiger partial charge on any atom is -0.388 e. The number of thioether (sulfide) groups is 1. The lowest BCUT2D eigenvalue weighted by molar-refractivity contribution is -0.0626. The highest BCUT2D eigenvalue weighted by atomic mass is 32.2. The fourth-order valence-electron chi connectivity index (χ4n) is 2.51. The average Bonchev–Trinajstić information content (AvgIpc) is 2.47. The van der Waals surface area contributed by atoms with Crippen molar-refractivity contribution in [3.05, 3.63) is 29.8 Å². The van der Waals surface area contributed by atoms with Crippen molar-refractivity contribution < 1.29 is 9.84 Å². The van der Waals surface area contributed by atoms with E-state index in [4.69, 9.17) is 4.74 Å². The molecular weight excluding hydrogens is 270 g/mol. The summed E-state index contributed by atoms with van der Waals surface area (Å²) in [5, 5.41) is 14.0. The van der Waals surface area contributed by atoms with Crippen molar-refractivity contribution in [2.75, 3.05) is 25.5 Å². The minimum atomic E-state index is -0.612. The summed E-state index contributed by atoms with van der Waals surface area (Å²) in [4.78, 5) is 1.33. The Morgan fingerprint density at radius 3 is 2.75 bits per heavy atom. The first kappa shape index (κ1) is 15.8. The summed E-state index contributed by atoms with van der Waals surface area (Å²) in [5.74, 6) is 1.07. The summed E-state index contributed by atoms with van der Waals surface area (Å²) in [6.07, 6.45) is 1.44. The van der Waals surface area contributed by atoms with Crippen LogP contribution in [0.5, 0.6) is 0 Å². The molecule has 1 saturated heterocycles. The van der Waals surface area contributed by atoms with Crippen molar-refractivity contribution in [2.24, 2.45) is 0 Å². The lowest BCUT2D eigenvalue weighted by Crippen LogP contribution is -2.45. The van der Waals surface area contributed by atoms with Gasteiger partial charge in [-0.15, -0.1) is 11.8 Å². The monoisotopic (exact) mass is 295 g/mol. The molecule has 4 heteroatoms. The van der Waals surface area contributed by atoms with E-state index in [-0.39, 0.29) is 6.04 Å². The van der Waals surface area contributed by atoms with Gasteiger partial charge in [-0.1, -0.05) is 25.1 Å². The Labute approximate surface area is 126 Å². The van der Waals surface area contributed by atoms with Crippen LogP contribution in [0.1, 0.15) is 38.3 Å². The highest BCUT2D eigenvalue weighted by Gasteiger charge is 2.30. The number of ether oxygens (including phenoxy) is 1. The number of hydrogen-bond acceptors (Lipinski definition) is 4. The lowest BCUT2D eigenvalue weighted by Gasteiger charge is -2.33. The molecule has 1 unspecified atom stereocenters. The molecule has 0 aliphatic carbocycles. The quantitative estimate of drug-likeness (QED) is 0.792. The fraction of sp³-hybridized carbons (Fsp3) is 0.625. The number of nitrogens with one attached hydrogen (secondary N) is 1. The van der Waals surface area contributed by atoms with Gasteiger partial charge >= 0.3 is 0 Å². The van der Waals surface area contributed by atoms with Gasteiger partial charge in [0.05, 0.1) is 5.60 Å². The molecule has 112 valence electrons. The molecule has 1 aliphatic heterocycles. The second-order valence-electron chi connectivity index (χ2n) is 5.41. The van der Waals surface area contributed by atoms with Gasteiger partial charge in [-0.2, -0.15) is 0 Å². The van der Waals surface area contributed by atoms with Crippen LogP contribution in [0.4, 0.5) is 0 Å². The van der Waals surface area contributed by atoms with Gasteiger partial charge in [0.25, 0.3) is 0 Å². The van der Waals surface area contributed by atoms with Gasteiger partial charge in [-0.05, 0) is 24.3 Å². The summed E-state index contributed by atoms with van der Waals surface area (Å²) in [7, 11) is 0. The maximum atomic E-state index is 10.5. The SMILES string of the molecule is CCSc1ccccc1C(C)NCC1(O)CCOCC1. The van der Waals surface area contributed by atoms with Gasteiger partial charge in [0.2, 0.25) is 0 Å². The van der Waals surface area contributed by atoms with Gasteiger partial charge in [0.1, 0.15) is 0 Å². The van der Waals surface area contributed by atoms with Crippen molar-refractivity contribution in [2.45, 2.75) is 43.2 Å². The molecule has 1 aliphatic rings. The van der Waals surface area contributed by atoms with Gasteiger partial charge in [0.15, 0.2) is 0 Å². The summed E-state index contributed by atoms with van der Waals surface area (Å²) in [5.41, 5.74) is 0.703. The van der Waals surface area contributed by atoms with E-state index in [2.05, 4.69) is 43.4 Å². The lowest BCUT2D eigenvalue weighted by atomic mass is 9.94. The van der Waals surface area contributed by atoms with E-state index in [1.165, 1.54) is 10.5 Å². The largest absolute Gasteiger partial charge is 0.388 e. The minimum absolute atomic E-state index is 0.247. The molecule has 1 heterocycles. The van der Waals surface area contributed by atoms with Crippen LogP contribution in [-0.4, -0.2) is 36.2 Å². The average molecular weight is 295 g/mol. The van der Waals surface area contributed by atoms with Crippen molar-refractivity contribution in [3.63, 3.8) is 0 Å². The molecule has 0 aromatic heterocycles. The zero-order valence-corrected chi connectivity index (χ0v) is 13.2. The molecular formula is C16H25NO2S. The summed E-state index contributed by atoms with van der Waals surface area (Å²) < 4.78 is 5.32. The van der Waals surface area contributed by atoms with Gasteiger partial charge < -0.3 is 15.2 Å². The summed E-state index contributed by atoms with van der Waals surface area (Å²) >= 11 is 1.87. The summed E-state index contributed by atoms with van der Waals surface area (Å²) in [6.45, 7) is 6.29. The van der Waals surface area contributed by atoms with Crippen LogP contribution in [-0.2, 0) is 4.74 Å².